The van der Waals surface area contributed by atoms with Crippen molar-refractivity contribution in [3.05, 3.63) is 63.4 Å². The van der Waals surface area contributed by atoms with Gasteiger partial charge in [0.25, 0.3) is 5.56 Å². The number of aliphatic hydroxyl groups is 1. The van der Waals surface area contributed by atoms with Gasteiger partial charge in [-0.05, 0) is 31.5 Å². The van der Waals surface area contributed by atoms with Crippen LogP contribution in [0.3, 0.4) is 0 Å². The summed E-state index contributed by atoms with van der Waals surface area (Å²) in [5, 5.41) is 12.1. The second kappa shape index (κ2) is 6.23. The minimum absolute atomic E-state index is 0.0819. The topological polar surface area (TPSA) is 90.7 Å². The molecule has 0 saturated heterocycles. The van der Waals surface area contributed by atoms with Gasteiger partial charge in [0.05, 0.1) is 29.0 Å². The lowest BCUT2D eigenvalue weighted by atomic mass is 9.85. The summed E-state index contributed by atoms with van der Waals surface area (Å²) in [6, 6.07) is 11.5. The van der Waals surface area contributed by atoms with Gasteiger partial charge >= 0.3 is 5.97 Å². The fourth-order valence-electron chi connectivity index (χ4n) is 4.22. The SMILES string of the molecule is CCOC1OC(=O)[C@](O)(CC)c2cc3n(c(=O)c21)Cc1cc2ccccc2nc1-3. The Kier molecular flexibility index (Phi) is 3.88. The molecule has 0 amide bonds. The van der Waals surface area contributed by atoms with Gasteiger partial charge in [-0.1, -0.05) is 25.1 Å². The lowest BCUT2D eigenvalue weighted by Gasteiger charge is -2.35. The highest BCUT2D eigenvalue weighted by molar-refractivity contribution is 5.86. The van der Waals surface area contributed by atoms with Gasteiger partial charge in [0.2, 0.25) is 6.29 Å². The Morgan fingerprint density at radius 2 is 2.07 bits per heavy atom. The summed E-state index contributed by atoms with van der Waals surface area (Å²) >= 11 is 0. The number of carbonyl (C=O) groups is 1. The maximum absolute atomic E-state index is 13.4. The number of carbonyl (C=O) groups excluding carboxylic acids is 1. The number of pyridine rings is 2. The number of para-hydroxylation sites is 1. The normalized spacial score (nSPS) is 22.2. The van der Waals surface area contributed by atoms with Gasteiger partial charge in [0.15, 0.2) is 5.60 Å². The molecule has 4 heterocycles. The largest absolute Gasteiger partial charge is 0.429 e. The summed E-state index contributed by atoms with van der Waals surface area (Å²) in [7, 11) is 0. The predicted molar refractivity (Wildman–Crippen MR) is 105 cm³/mol. The smallest absolute Gasteiger partial charge is 0.345 e. The molecule has 2 atom stereocenters. The molecule has 1 aromatic carbocycles. The van der Waals surface area contributed by atoms with E-state index in [1.165, 1.54) is 0 Å². The Labute approximate surface area is 166 Å². The molecular weight excluding hydrogens is 372 g/mol. The van der Waals surface area contributed by atoms with E-state index in [1.807, 2.05) is 30.3 Å². The Morgan fingerprint density at radius 3 is 2.83 bits per heavy atom. The van der Waals surface area contributed by atoms with Crippen LogP contribution in [0.2, 0.25) is 0 Å². The van der Waals surface area contributed by atoms with E-state index in [4.69, 9.17) is 14.5 Å². The van der Waals surface area contributed by atoms with Crippen molar-refractivity contribution in [2.24, 2.45) is 0 Å². The summed E-state index contributed by atoms with van der Waals surface area (Å²) in [4.78, 5) is 30.7. The molecule has 2 aromatic heterocycles. The minimum atomic E-state index is -1.89. The fraction of sp³-hybridized carbons (Fsp3) is 0.318. The molecule has 2 aliphatic rings. The van der Waals surface area contributed by atoms with Gasteiger partial charge in [0.1, 0.15) is 0 Å². The first kappa shape index (κ1) is 18.0. The number of hydrogen-bond acceptors (Lipinski definition) is 6. The van der Waals surface area contributed by atoms with Gasteiger partial charge in [-0.15, -0.1) is 0 Å². The van der Waals surface area contributed by atoms with Crippen LogP contribution in [0.25, 0.3) is 22.3 Å². The average molecular weight is 392 g/mol. The molecule has 0 spiro atoms. The average Bonchev–Trinajstić information content (AvgIpc) is 3.08. The molecule has 5 rings (SSSR count). The molecule has 3 aromatic rings. The highest BCUT2D eigenvalue weighted by atomic mass is 16.7. The fourth-order valence-corrected chi connectivity index (χ4v) is 4.22. The third kappa shape index (κ3) is 2.41. The van der Waals surface area contributed by atoms with E-state index in [-0.39, 0.29) is 29.7 Å². The molecule has 2 aliphatic heterocycles. The number of nitrogens with zero attached hydrogens (tertiary/aromatic N) is 2. The molecule has 0 bridgehead atoms. The first-order chi connectivity index (χ1) is 14.0. The van der Waals surface area contributed by atoms with Crippen LogP contribution < -0.4 is 5.56 Å². The van der Waals surface area contributed by atoms with E-state index in [0.29, 0.717) is 17.9 Å². The summed E-state index contributed by atoms with van der Waals surface area (Å²) in [6.45, 7) is 4.06. The summed E-state index contributed by atoms with van der Waals surface area (Å²) in [5.74, 6) is -0.806. The molecule has 1 N–H and O–H groups in total. The van der Waals surface area contributed by atoms with Crippen molar-refractivity contribution in [1.29, 1.82) is 0 Å². The second-order valence-electron chi connectivity index (χ2n) is 7.34. The van der Waals surface area contributed by atoms with E-state index in [9.17, 15) is 14.7 Å². The van der Waals surface area contributed by atoms with Crippen molar-refractivity contribution in [2.75, 3.05) is 6.61 Å². The van der Waals surface area contributed by atoms with Crippen molar-refractivity contribution in [1.82, 2.24) is 9.55 Å². The standard InChI is InChI=1S/C22H20N2O5/c1-3-22(27)14-10-16-18-13(9-12-7-5-6-8-15(12)23-18)11-24(16)19(25)17(14)20(28-4-2)29-21(22)26/h5-10,20,27H,3-4,11H2,1-2H3/t20?,22-/m0/s1. The van der Waals surface area contributed by atoms with Crippen LogP contribution in [-0.4, -0.2) is 27.2 Å². The number of cyclic esters (lactones) is 1. The summed E-state index contributed by atoms with van der Waals surface area (Å²) in [6.07, 6.45) is -1.05. The number of benzene rings is 1. The zero-order chi connectivity index (χ0) is 20.3. The van der Waals surface area contributed by atoms with Gasteiger partial charge < -0.3 is 19.1 Å². The van der Waals surface area contributed by atoms with E-state index in [1.54, 1.807) is 24.5 Å². The summed E-state index contributed by atoms with van der Waals surface area (Å²) < 4.78 is 12.4. The predicted octanol–water partition coefficient (Wildman–Crippen LogP) is 2.61. The second-order valence-corrected chi connectivity index (χ2v) is 7.34. The van der Waals surface area contributed by atoms with Crippen LogP contribution in [-0.2, 0) is 26.4 Å². The van der Waals surface area contributed by atoms with E-state index >= 15 is 0 Å². The van der Waals surface area contributed by atoms with Crippen molar-refractivity contribution >= 4 is 16.9 Å². The van der Waals surface area contributed by atoms with E-state index in [0.717, 1.165) is 16.5 Å². The highest BCUT2D eigenvalue weighted by Crippen LogP contribution is 2.42. The quantitative estimate of drug-likeness (QED) is 0.539. The molecule has 148 valence electrons. The number of ether oxygens (including phenoxy) is 2. The third-order valence-electron chi connectivity index (χ3n) is 5.77. The zero-order valence-corrected chi connectivity index (χ0v) is 16.1. The number of aromatic nitrogens is 2. The van der Waals surface area contributed by atoms with Crippen molar-refractivity contribution < 1.29 is 19.4 Å². The van der Waals surface area contributed by atoms with Gasteiger partial charge in [-0.3, -0.25) is 4.79 Å². The number of rotatable bonds is 3. The van der Waals surface area contributed by atoms with Crippen LogP contribution in [0, 0.1) is 0 Å². The van der Waals surface area contributed by atoms with Crippen LogP contribution in [0.1, 0.15) is 43.2 Å². The lowest BCUT2D eigenvalue weighted by Crippen LogP contribution is -2.46. The van der Waals surface area contributed by atoms with Crippen LogP contribution in [0.4, 0.5) is 0 Å². The molecule has 0 saturated carbocycles. The van der Waals surface area contributed by atoms with Gasteiger partial charge in [-0.2, -0.15) is 0 Å². The Morgan fingerprint density at radius 1 is 1.28 bits per heavy atom. The van der Waals surface area contributed by atoms with Crippen molar-refractivity contribution in [3.8, 4) is 11.4 Å². The number of esters is 1. The van der Waals surface area contributed by atoms with E-state index < -0.39 is 17.9 Å². The lowest BCUT2D eigenvalue weighted by molar-refractivity contribution is -0.209. The Balaban J connectivity index is 1.80. The van der Waals surface area contributed by atoms with Crippen LogP contribution in [0.15, 0.2) is 41.2 Å². The zero-order valence-electron chi connectivity index (χ0n) is 16.1. The summed E-state index contributed by atoms with van der Waals surface area (Å²) in [5.41, 5.74) is 1.21. The maximum Gasteiger partial charge on any atom is 0.345 e. The molecule has 7 nitrogen and oxygen atoms in total. The first-order valence-corrected chi connectivity index (χ1v) is 9.70. The monoisotopic (exact) mass is 392 g/mol. The Bertz CT molecular complexity index is 1230. The number of fused-ring (bicyclic) bond motifs is 5. The van der Waals surface area contributed by atoms with Crippen molar-refractivity contribution in [2.45, 2.75) is 38.7 Å². The first-order valence-electron chi connectivity index (χ1n) is 9.70. The minimum Gasteiger partial charge on any atom is -0.429 e. The van der Waals surface area contributed by atoms with Gasteiger partial charge in [-0.25, -0.2) is 9.78 Å². The van der Waals surface area contributed by atoms with E-state index in [2.05, 4.69) is 0 Å². The molecule has 29 heavy (non-hydrogen) atoms. The van der Waals surface area contributed by atoms with Gasteiger partial charge in [0, 0.05) is 23.1 Å². The molecule has 0 fully saturated rings. The number of hydrogen-bond donors (Lipinski definition) is 1. The molecular formula is C22H20N2O5. The highest BCUT2D eigenvalue weighted by Gasteiger charge is 2.49. The molecule has 0 aliphatic carbocycles. The Hall–Kier alpha value is -3.03. The van der Waals surface area contributed by atoms with Crippen molar-refractivity contribution in [3.63, 3.8) is 0 Å². The van der Waals surface area contributed by atoms with Crippen LogP contribution >= 0.6 is 0 Å². The molecule has 7 heteroatoms. The molecule has 0 radical (unpaired) electrons. The maximum atomic E-state index is 13.4. The third-order valence-corrected chi connectivity index (χ3v) is 5.77. The van der Waals surface area contributed by atoms with Crippen LogP contribution in [0.5, 0.6) is 0 Å². The molecule has 1 unspecified atom stereocenters.